The van der Waals surface area contributed by atoms with E-state index in [1.54, 1.807) is 0 Å². The monoisotopic (exact) mass is 258 g/mol. The zero-order chi connectivity index (χ0) is 13.4. The molecule has 1 saturated heterocycles. The second-order valence-corrected chi connectivity index (χ2v) is 5.59. The molecule has 2 N–H and O–H groups in total. The number of rotatable bonds is 3. The SMILES string of the molecule is CC(C)N1CCCC1c1ncc2cccc(CN)n12. The maximum atomic E-state index is 5.87. The molecule has 1 aliphatic heterocycles. The lowest BCUT2D eigenvalue weighted by atomic mass is 10.2. The van der Waals surface area contributed by atoms with Crippen molar-refractivity contribution in [2.75, 3.05) is 6.54 Å². The Morgan fingerprint density at radius 3 is 3.00 bits per heavy atom. The Labute approximate surface area is 114 Å². The van der Waals surface area contributed by atoms with Gasteiger partial charge in [0, 0.05) is 18.3 Å². The molecule has 0 bridgehead atoms. The second-order valence-electron chi connectivity index (χ2n) is 5.59. The van der Waals surface area contributed by atoms with Crippen LogP contribution in [0.5, 0.6) is 0 Å². The van der Waals surface area contributed by atoms with Crippen LogP contribution in [0.15, 0.2) is 24.4 Å². The predicted octanol–water partition coefficient (Wildman–Crippen LogP) is 2.34. The van der Waals surface area contributed by atoms with E-state index in [4.69, 9.17) is 5.73 Å². The summed E-state index contributed by atoms with van der Waals surface area (Å²) in [7, 11) is 0. The molecule has 1 unspecified atom stereocenters. The van der Waals surface area contributed by atoms with Crippen LogP contribution in [0.4, 0.5) is 0 Å². The maximum absolute atomic E-state index is 5.87. The Bertz CT molecular complexity index is 573. The highest BCUT2D eigenvalue weighted by Gasteiger charge is 2.31. The molecule has 4 heteroatoms. The summed E-state index contributed by atoms with van der Waals surface area (Å²) < 4.78 is 2.24. The maximum Gasteiger partial charge on any atom is 0.130 e. The van der Waals surface area contributed by atoms with Crippen molar-refractivity contribution in [3.8, 4) is 0 Å². The molecule has 0 saturated carbocycles. The fourth-order valence-corrected chi connectivity index (χ4v) is 3.22. The molecule has 1 fully saturated rings. The molecule has 3 rings (SSSR count). The first-order valence-electron chi connectivity index (χ1n) is 7.13. The molecule has 19 heavy (non-hydrogen) atoms. The Kier molecular flexibility index (Phi) is 3.29. The van der Waals surface area contributed by atoms with Crippen molar-refractivity contribution in [2.45, 2.75) is 45.3 Å². The van der Waals surface area contributed by atoms with Crippen LogP contribution in [-0.2, 0) is 6.54 Å². The molecule has 2 aromatic rings. The van der Waals surface area contributed by atoms with Gasteiger partial charge in [-0.25, -0.2) is 4.98 Å². The molecular formula is C15H22N4. The molecule has 0 aromatic carbocycles. The highest BCUT2D eigenvalue weighted by molar-refractivity contribution is 5.48. The van der Waals surface area contributed by atoms with Gasteiger partial charge in [0.15, 0.2) is 0 Å². The molecule has 102 valence electrons. The van der Waals surface area contributed by atoms with E-state index in [0.717, 1.165) is 17.0 Å². The number of hydrogen-bond donors (Lipinski definition) is 1. The van der Waals surface area contributed by atoms with Crippen LogP contribution < -0.4 is 5.73 Å². The topological polar surface area (TPSA) is 46.6 Å². The third kappa shape index (κ3) is 2.05. The smallest absolute Gasteiger partial charge is 0.130 e. The first-order valence-corrected chi connectivity index (χ1v) is 7.13. The number of hydrogen-bond acceptors (Lipinski definition) is 3. The Morgan fingerprint density at radius 1 is 1.42 bits per heavy atom. The standard InChI is InChI=1S/C15H22N4/c1-11(2)18-8-4-7-14(18)15-17-10-13-6-3-5-12(9-16)19(13)15/h3,5-6,10-11,14H,4,7-9,16H2,1-2H3. The van der Waals surface area contributed by atoms with E-state index in [1.165, 1.54) is 19.4 Å². The summed E-state index contributed by atoms with van der Waals surface area (Å²) in [6, 6.07) is 7.23. The Hall–Kier alpha value is -1.39. The quantitative estimate of drug-likeness (QED) is 0.919. The van der Waals surface area contributed by atoms with Crippen molar-refractivity contribution in [2.24, 2.45) is 5.73 Å². The summed E-state index contributed by atoms with van der Waals surface area (Å²) in [5.74, 6) is 1.15. The number of imidazole rings is 1. The van der Waals surface area contributed by atoms with Crippen molar-refractivity contribution in [1.82, 2.24) is 14.3 Å². The minimum Gasteiger partial charge on any atom is -0.325 e. The normalized spacial score (nSPS) is 20.7. The first-order chi connectivity index (χ1) is 9.22. The lowest BCUT2D eigenvalue weighted by Gasteiger charge is -2.27. The van der Waals surface area contributed by atoms with Crippen LogP contribution in [0.25, 0.3) is 5.52 Å². The molecule has 4 nitrogen and oxygen atoms in total. The van der Waals surface area contributed by atoms with Gasteiger partial charge in [-0.15, -0.1) is 0 Å². The summed E-state index contributed by atoms with van der Waals surface area (Å²) >= 11 is 0. The van der Waals surface area contributed by atoms with E-state index in [0.29, 0.717) is 18.6 Å². The van der Waals surface area contributed by atoms with Crippen molar-refractivity contribution >= 4 is 5.52 Å². The second kappa shape index (κ2) is 4.94. The van der Waals surface area contributed by atoms with Crippen LogP contribution in [0.3, 0.4) is 0 Å². The van der Waals surface area contributed by atoms with Gasteiger partial charge >= 0.3 is 0 Å². The molecule has 2 aromatic heterocycles. The third-order valence-corrected chi connectivity index (χ3v) is 4.12. The van der Waals surface area contributed by atoms with Crippen molar-refractivity contribution in [3.63, 3.8) is 0 Å². The highest BCUT2D eigenvalue weighted by Crippen LogP contribution is 2.33. The number of aromatic nitrogens is 2. The summed E-state index contributed by atoms with van der Waals surface area (Å²) in [5.41, 5.74) is 8.16. The van der Waals surface area contributed by atoms with Gasteiger partial charge in [-0.2, -0.15) is 0 Å². The third-order valence-electron chi connectivity index (χ3n) is 4.12. The first kappa shape index (κ1) is 12.6. The predicted molar refractivity (Wildman–Crippen MR) is 76.9 cm³/mol. The number of nitrogens with zero attached hydrogens (tertiary/aromatic N) is 3. The number of fused-ring (bicyclic) bond motifs is 1. The molecule has 0 aliphatic carbocycles. The zero-order valence-electron chi connectivity index (χ0n) is 11.7. The van der Waals surface area contributed by atoms with Gasteiger partial charge in [0.05, 0.1) is 17.8 Å². The van der Waals surface area contributed by atoms with E-state index < -0.39 is 0 Å². The van der Waals surface area contributed by atoms with Crippen LogP contribution in [0, 0.1) is 0 Å². The van der Waals surface area contributed by atoms with E-state index >= 15 is 0 Å². The highest BCUT2D eigenvalue weighted by atomic mass is 15.2. The van der Waals surface area contributed by atoms with Gasteiger partial charge in [-0.1, -0.05) is 6.07 Å². The average molecular weight is 258 g/mol. The fourth-order valence-electron chi connectivity index (χ4n) is 3.22. The van der Waals surface area contributed by atoms with Gasteiger partial charge < -0.3 is 5.73 Å². The van der Waals surface area contributed by atoms with Crippen LogP contribution >= 0.6 is 0 Å². The van der Waals surface area contributed by atoms with Crippen molar-refractivity contribution in [3.05, 3.63) is 35.9 Å². The molecular weight excluding hydrogens is 236 g/mol. The zero-order valence-corrected chi connectivity index (χ0v) is 11.7. The van der Waals surface area contributed by atoms with E-state index in [-0.39, 0.29) is 0 Å². The molecule has 0 radical (unpaired) electrons. The van der Waals surface area contributed by atoms with Crippen molar-refractivity contribution < 1.29 is 0 Å². The van der Waals surface area contributed by atoms with Crippen LogP contribution in [-0.4, -0.2) is 26.9 Å². The van der Waals surface area contributed by atoms with Gasteiger partial charge in [-0.05, 0) is 45.4 Å². The minimum atomic E-state index is 0.426. The number of likely N-dealkylation sites (tertiary alicyclic amines) is 1. The van der Waals surface area contributed by atoms with Gasteiger partial charge in [0.25, 0.3) is 0 Å². The summed E-state index contributed by atoms with van der Waals surface area (Å²) in [6.45, 7) is 6.24. The summed E-state index contributed by atoms with van der Waals surface area (Å²) in [4.78, 5) is 7.23. The van der Waals surface area contributed by atoms with Crippen molar-refractivity contribution in [1.29, 1.82) is 0 Å². The molecule has 3 heterocycles. The summed E-state index contributed by atoms with van der Waals surface area (Å²) in [5, 5.41) is 0. The lowest BCUT2D eigenvalue weighted by Crippen LogP contribution is -2.31. The van der Waals surface area contributed by atoms with Crippen LogP contribution in [0.2, 0.25) is 0 Å². The van der Waals surface area contributed by atoms with Gasteiger partial charge in [0.1, 0.15) is 5.82 Å². The fraction of sp³-hybridized carbons (Fsp3) is 0.533. The molecule has 0 spiro atoms. The number of pyridine rings is 1. The molecule has 1 atom stereocenters. The van der Waals surface area contributed by atoms with E-state index in [2.05, 4.69) is 46.3 Å². The number of nitrogens with two attached hydrogens (primary N) is 1. The average Bonchev–Trinajstić information content (AvgIpc) is 3.03. The minimum absolute atomic E-state index is 0.426. The largest absolute Gasteiger partial charge is 0.325 e. The van der Waals surface area contributed by atoms with Gasteiger partial charge in [-0.3, -0.25) is 9.30 Å². The Balaban J connectivity index is 2.10. The van der Waals surface area contributed by atoms with Crippen LogP contribution in [0.1, 0.15) is 44.2 Å². The van der Waals surface area contributed by atoms with E-state index in [1.807, 2.05) is 6.20 Å². The Morgan fingerprint density at radius 2 is 2.26 bits per heavy atom. The molecule has 0 amide bonds. The molecule has 1 aliphatic rings. The van der Waals surface area contributed by atoms with E-state index in [9.17, 15) is 0 Å². The van der Waals surface area contributed by atoms with Gasteiger partial charge in [0.2, 0.25) is 0 Å². The lowest BCUT2D eigenvalue weighted by molar-refractivity contribution is 0.198. The summed E-state index contributed by atoms with van der Waals surface area (Å²) in [6.07, 6.45) is 4.41.